The summed E-state index contributed by atoms with van der Waals surface area (Å²) in [7, 11) is -3.75. The van der Waals surface area contributed by atoms with Gasteiger partial charge in [-0.15, -0.1) is 0 Å². The Balaban J connectivity index is 2.26. The third kappa shape index (κ3) is 2.85. The number of sulfonamides is 1. The first-order valence-electron chi connectivity index (χ1n) is 4.75. The van der Waals surface area contributed by atoms with Gasteiger partial charge in [0.2, 0.25) is 0 Å². The highest BCUT2D eigenvalue weighted by molar-refractivity contribution is 7.89. The number of aromatic nitrogens is 2. The van der Waals surface area contributed by atoms with Crippen LogP contribution in [0.5, 0.6) is 0 Å². The van der Waals surface area contributed by atoms with Crippen molar-refractivity contribution in [3.05, 3.63) is 47.4 Å². The fourth-order valence-corrected chi connectivity index (χ4v) is 2.07. The van der Waals surface area contributed by atoms with Crippen LogP contribution < -0.4 is 5.14 Å². The molecule has 0 saturated heterocycles. The van der Waals surface area contributed by atoms with Crippen molar-refractivity contribution in [2.75, 3.05) is 0 Å². The van der Waals surface area contributed by atoms with Gasteiger partial charge >= 0.3 is 0 Å². The molecule has 0 fully saturated rings. The Hall–Kier alpha value is -1.37. The molecule has 5 nitrogen and oxygen atoms in total. The zero-order valence-electron chi connectivity index (χ0n) is 8.75. The first-order chi connectivity index (χ1) is 7.97. The zero-order valence-corrected chi connectivity index (χ0v) is 10.3. The zero-order chi connectivity index (χ0) is 12.5. The van der Waals surface area contributed by atoms with Crippen LogP contribution in [0.4, 0.5) is 0 Å². The number of halogens is 1. The normalized spacial score (nSPS) is 11.6. The predicted molar refractivity (Wildman–Crippen MR) is 64.2 cm³/mol. The second kappa shape index (κ2) is 4.48. The first kappa shape index (κ1) is 12.1. The van der Waals surface area contributed by atoms with Crippen molar-refractivity contribution in [3.8, 4) is 0 Å². The minimum Gasteiger partial charge on any atom is -0.332 e. The first-order valence-corrected chi connectivity index (χ1v) is 6.67. The Labute approximate surface area is 104 Å². The number of hydrogen-bond acceptors (Lipinski definition) is 3. The molecule has 1 aromatic carbocycles. The lowest BCUT2D eigenvalue weighted by molar-refractivity contribution is 0.594. The Kier molecular flexibility index (Phi) is 3.19. The van der Waals surface area contributed by atoms with Crippen LogP contribution in [0, 0.1) is 0 Å². The molecule has 90 valence electrons. The van der Waals surface area contributed by atoms with Gasteiger partial charge in [-0.3, -0.25) is 0 Å². The topological polar surface area (TPSA) is 78.0 Å². The quantitative estimate of drug-likeness (QED) is 0.912. The van der Waals surface area contributed by atoms with E-state index in [9.17, 15) is 8.42 Å². The summed E-state index contributed by atoms with van der Waals surface area (Å²) >= 11 is 5.99. The molecule has 0 amide bonds. The van der Waals surface area contributed by atoms with Crippen LogP contribution in [-0.4, -0.2) is 18.0 Å². The van der Waals surface area contributed by atoms with Gasteiger partial charge in [-0.1, -0.05) is 29.8 Å². The highest BCUT2D eigenvalue weighted by Gasteiger charge is 2.11. The number of imidazole rings is 1. The maximum Gasteiger partial charge on any atom is 0.257 e. The molecule has 17 heavy (non-hydrogen) atoms. The minimum absolute atomic E-state index is 0.149. The SMILES string of the molecule is NS(=O)(=O)c1cn(Cc2ccccc2Cl)cn1. The van der Waals surface area contributed by atoms with E-state index in [0.717, 1.165) is 5.56 Å². The van der Waals surface area contributed by atoms with Gasteiger partial charge in [-0.25, -0.2) is 18.5 Å². The average Bonchev–Trinajstić information content (AvgIpc) is 2.69. The lowest BCUT2D eigenvalue weighted by Gasteiger charge is -2.03. The van der Waals surface area contributed by atoms with E-state index < -0.39 is 10.0 Å². The Morgan fingerprint density at radius 3 is 2.65 bits per heavy atom. The van der Waals surface area contributed by atoms with E-state index in [0.29, 0.717) is 11.6 Å². The summed E-state index contributed by atoms with van der Waals surface area (Å²) in [6.45, 7) is 0.447. The number of primary sulfonamides is 1. The smallest absolute Gasteiger partial charge is 0.257 e. The van der Waals surface area contributed by atoms with Crippen molar-refractivity contribution in [1.29, 1.82) is 0 Å². The van der Waals surface area contributed by atoms with Gasteiger partial charge in [0.15, 0.2) is 5.03 Å². The van der Waals surface area contributed by atoms with Crippen molar-refractivity contribution in [1.82, 2.24) is 9.55 Å². The second-order valence-electron chi connectivity index (χ2n) is 3.52. The Bertz CT molecular complexity index is 637. The second-order valence-corrected chi connectivity index (χ2v) is 5.44. The number of rotatable bonds is 3. The molecule has 0 aliphatic rings. The Morgan fingerprint density at radius 2 is 2.06 bits per heavy atom. The van der Waals surface area contributed by atoms with Crippen LogP contribution in [-0.2, 0) is 16.6 Å². The van der Waals surface area contributed by atoms with Crippen molar-refractivity contribution in [2.24, 2.45) is 5.14 Å². The van der Waals surface area contributed by atoms with Crippen LogP contribution in [0.25, 0.3) is 0 Å². The molecule has 0 saturated carbocycles. The number of nitrogens with zero attached hydrogens (tertiary/aromatic N) is 2. The molecular weight excluding hydrogens is 262 g/mol. The third-order valence-electron chi connectivity index (χ3n) is 2.21. The van der Waals surface area contributed by atoms with Crippen molar-refractivity contribution < 1.29 is 8.42 Å². The molecule has 0 bridgehead atoms. The fraction of sp³-hybridized carbons (Fsp3) is 0.100. The largest absolute Gasteiger partial charge is 0.332 e. The molecule has 2 aromatic rings. The molecule has 0 unspecified atom stereocenters. The summed E-state index contributed by atoms with van der Waals surface area (Å²) in [6.07, 6.45) is 2.78. The van der Waals surface area contributed by atoms with Gasteiger partial charge in [0.1, 0.15) is 0 Å². The number of hydrogen-bond donors (Lipinski definition) is 1. The van der Waals surface area contributed by atoms with Gasteiger partial charge in [-0.2, -0.15) is 0 Å². The average molecular weight is 272 g/mol. The standard InChI is InChI=1S/C10H10ClN3O2S/c11-9-4-2-1-3-8(9)5-14-6-10(13-7-14)17(12,15)16/h1-4,6-7H,5H2,(H2,12,15,16). The Morgan fingerprint density at radius 1 is 1.35 bits per heavy atom. The molecule has 7 heteroatoms. The van der Waals surface area contributed by atoms with Gasteiger partial charge in [-0.05, 0) is 11.6 Å². The van der Waals surface area contributed by atoms with Crippen molar-refractivity contribution in [3.63, 3.8) is 0 Å². The van der Waals surface area contributed by atoms with E-state index in [-0.39, 0.29) is 5.03 Å². The highest BCUT2D eigenvalue weighted by Crippen LogP contribution is 2.16. The molecule has 0 radical (unpaired) electrons. The molecule has 1 heterocycles. The predicted octanol–water partition coefficient (Wildman–Crippen LogP) is 1.23. The van der Waals surface area contributed by atoms with Gasteiger partial charge in [0.05, 0.1) is 12.9 Å². The van der Waals surface area contributed by atoms with E-state index in [1.54, 1.807) is 10.6 Å². The van der Waals surface area contributed by atoms with Gasteiger partial charge < -0.3 is 4.57 Å². The van der Waals surface area contributed by atoms with E-state index in [4.69, 9.17) is 16.7 Å². The summed E-state index contributed by atoms with van der Waals surface area (Å²) in [4.78, 5) is 3.72. The van der Waals surface area contributed by atoms with Gasteiger partial charge in [0.25, 0.3) is 10.0 Å². The summed E-state index contributed by atoms with van der Waals surface area (Å²) in [5.41, 5.74) is 0.882. The molecule has 2 N–H and O–H groups in total. The number of nitrogens with two attached hydrogens (primary N) is 1. The van der Waals surface area contributed by atoms with Crippen LogP contribution in [0.3, 0.4) is 0 Å². The summed E-state index contributed by atoms with van der Waals surface area (Å²) in [6, 6.07) is 7.32. The van der Waals surface area contributed by atoms with Crippen molar-refractivity contribution in [2.45, 2.75) is 11.6 Å². The van der Waals surface area contributed by atoms with Crippen LogP contribution >= 0.6 is 11.6 Å². The number of benzene rings is 1. The lowest BCUT2D eigenvalue weighted by Crippen LogP contribution is -2.12. The molecule has 1 aromatic heterocycles. The molecule has 0 spiro atoms. The van der Waals surface area contributed by atoms with Crippen LogP contribution in [0.1, 0.15) is 5.56 Å². The summed E-state index contributed by atoms with van der Waals surface area (Å²) in [5, 5.41) is 5.44. The van der Waals surface area contributed by atoms with E-state index in [2.05, 4.69) is 4.98 Å². The summed E-state index contributed by atoms with van der Waals surface area (Å²) in [5.74, 6) is 0. The molecule has 0 aliphatic carbocycles. The third-order valence-corrected chi connectivity index (χ3v) is 3.37. The monoisotopic (exact) mass is 271 g/mol. The maximum atomic E-state index is 11.0. The van der Waals surface area contributed by atoms with E-state index in [1.807, 2.05) is 18.2 Å². The van der Waals surface area contributed by atoms with Crippen LogP contribution in [0.2, 0.25) is 5.02 Å². The molecular formula is C10H10ClN3O2S. The minimum atomic E-state index is -3.75. The fourth-order valence-electron chi connectivity index (χ4n) is 1.40. The summed E-state index contributed by atoms with van der Waals surface area (Å²) < 4.78 is 23.7. The van der Waals surface area contributed by atoms with Crippen LogP contribution in [0.15, 0.2) is 41.8 Å². The molecule has 0 aliphatic heterocycles. The van der Waals surface area contributed by atoms with E-state index in [1.165, 1.54) is 12.5 Å². The van der Waals surface area contributed by atoms with Gasteiger partial charge in [0, 0.05) is 11.2 Å². The van der Waals surface area contributed by atoms with Crippen molar-refractivity contribution >= 4 is 21.6 Å². The highest BCUT2D eigenvalue weighted by atomic mass is 35.5. The molecule has 0 atom stereocenters. The lowest BCUT2D eigenvalue weighted by atomic mass is 10.2. The maximum absolute atomic E-state index is 11.0. The molecule has 2 rings (SSSR count). The van der Waals surface area contributed by atoms with E-state index >= 15 is 0 Å².